The molecular weight excluding hydrogens is 1580 g/mol. The summed E-state index contributed by atoms with van der Waals surface area (Å²) < 4.78 is 146. The number of Topliss-reactive ketones (excluding diaryl/α,β-unsaturated/α-hetero) is 8. The number of allylic oxidation sites excluding steroid dienone is 1. The second kappa shape index (κ2) is 53.5. The summed E-state index contributed by atoms with van der Waals surface area (Å²) >= 11 is 0. The van der Waals surface area contributed by atoms with Crippen molar-refractivity contribution in [2.24, 2.45) is 0 Å². The van der Waals surface area contributed by atoms with Gasteiger partial charge in [0.05, 0.1) is 56.9 Å². The Morgan fingerprint density at radius 3 is 0.967 bits per heavy atom. The third-order valence-corrected chi connectivity index (χ3v) is 17.0. The van der Waals surface area contributed by atoms with Gasteiger partial charge < -0.3 is 52.2 Å². The van der Waals surface area contributed by atoms with E-state index in [0.29, 0.717) is 35.1 Å². The van der Waals surface area contributed by atoms with Crippen LogP contribution in [0.25, 0.3) is 27.6 Å². The molecule has 0 saturated carbocycles. The molecule has 10 aromatic carbocycles. The summed E-state index contributed by atoms with van der Waals surface area (Å²) in [5, 5.41) is 4.11. The molecule has 0 aliphatic rings. The van der Waals surface area contributed by atoms with Crippen molar-refractivity contribution in [3.63, 3.8) is 0 Å². The zero-order valence-electron chi connectivity index (χ0n) is 71.1. The van der Waals surface area contributed by atoms with Crippen LogP contribution in [0.2, 0.25) is 0 Å². The number of ether oxygens (including phenoxy) is 9. The van der Waals surface area contributed by atoms with E-state index in [1.807, 2.05) is 159 Å². The van der Waals surface area contributed by atoms with Crippen LogP contribution in [0, 0.1) is 6.92 Å². The Hall–Kier alpha value is -12.9. The van der Waals surface area contributed by atoms with Crippen molar-refractivity contribution in [3.05, 3.63) is 263 Å². The standard InChI is InChI=1S/C14H12O2.C13H10F8O2.C13H12O2.C11H12O2.C10H10O2.C9H12O2.C9H16O2.2C8H10O2/c1-9(15)11-3-5-14-8-12(10(2)16)4-6-13(14)7-11;1-7(22)8-2-4-9(5-3-8)23-6-11(16,17)13(20,21)12(18,19)10(14)15;1-9(14)10-3-4-12-8-13(15-2)6-5-11(12)7-10;1-9(12)3-4-10-5-7-11(13-2)8-6-10;1-7(11)9-3-5-10(6-4-9)8(2)12;1-7-5-4-6-8(10-2)9(7)11-3;1-8(10)6-4-3-5-7-9(2)11;1-9-7-3-5-8(10-2)6-4-7;1-9-7-5-3-4-6-8(7)10-2/h3-8H,1-2H3;2-5,10H,6H2,1H3;3-8H,1-2H3;3-8H,1-2H3;3-6H,1-2H3;4-6H,1-3H3;3-7H2,1-2H3;2*3-6H,1-2H3/b;;;4-3+;;;;;. The van der Waals surface area contributed by atoms with Crippen molar-refractivity contribution in [1.82, 2.24) is 0 Å². The van der Waals surface area contributed by atoms with E-state index in [1.165, 1.54) is 27.7 Å². The number of alkyl halides is 8. The smallest absolute Gasteiger partial charge is 0.381 e. The van der Waals surface area contributed by atoms with Crippen LogP contribution in [-0.2, 0) is 14.4 Å². The molecule has 0 amide bonds. The maximum Gasteiger partial charge on any atom is 0.381 e. The Balaban J connectivity index is 0.000000467. The highest BCUT2D eigenvalue weighted by Crippen LogP contribution is 2.49. The van der Waals surface area contributed by atoms with Crippen molar-refractivity contribution in [3.8, 4) is 51.7 Å². The predicted octanol–water partition coefficient (Wildman–Crippen LogP) is 22.7. The number of para-hydroxylation sites is 3. The minimum absolute atomic E-state index is 0.0186. The van der Waals surface area contributed by atoms with Gasteiger partial charge in [0, 0.05) is 46.2 Å². The van der Waals surface area contributed by atoms with Gasteiger partial charge in [-0.1, -0.05) is 116 Å². The van der Waals surface area contributed by atoms with E-state index < -0.39 is 36.5 Å². The number of methoxy groups -OCH3 is 8. The summed E-state index contributed by atoms with van der Waals surface area (Å²) in [5.41, 5.74) is 5.67. The second-order valence-electron chi connectivity index (χ2n) is 26.4. The van der Waals surface area contributed by atoms with Crippen molar-refractivity contribution < 1.29 is 121 Å². The highest BCUT2D eigenvalue weighted by molar-refractivity contribution is 6.02. The fourth-order valence-electron chi connectivity index (χ4n) is 10.0. The summed E-state index contributed by atoms with van der Waals surface area (Å²) in [6.07, 6.45) is 2.54. The molecule has 0 atom stereocenters. The molecule has 0 heterocycles. The first-order valence-electron chi connectivity index (χ1n) is 37.4. The van der Waals surface area contributed by atoms with Crippen LogP contribution in [0.4, 0.5) is 35.1 Å². The lowest BCUT2D eigenvalue weighted by molar-refractivity contribution is -0.342. The average Bonchev–Trinajstić information content (AvgIpc) is 0.760. The summed E-state index contributed by atoms with van der Waals surface area (Å²) in [6, 6.07) is 61.7. The number of carbonyl (C=O) groups is 9. The normalized spacial score (nSPS) is 10.4. The first kappa shape index (κ1) is 104. The molecule has 26 heteroatoms. The van der Waals surface area contributed by atoms with E-state index in [2.05, 4.69) is 4.74 Å². The number of ketones is 9. The molecule has 0 unspecified atom stereocenters. The summed E-state index contributed by atoms with van der Waals surface area (Å²) in [6.45, 7) is 13.3. The molecule has 0 aliphatic heterocycles. The van der Waals surface area contributed by atoms with Gasteiger partial charge >= 0.3 is 24.2 Å². The number of aryl methyl sites for hydroxylation is 1. The summed E-state index contributed by atoms with van der Waals surface area (Å²) in [7, 11) is 13.1. The molecule has 648 valence electrons. The Morgan fingerprint density at radius 2 is 0.653 bits per heavy atom. The van der Waals surface area contributed by atoms with Crippen LogP contribution in [0.3, 0.4) is 0 Å². The molecule has 0 N–H and O–H groups in total. The van der Waals surface area contributed by atoms with Crippen LogP contribution in [0.15, 0.2) is 218 Å². The highest BCUT2D eigenvalue weighted by Gasteiger charge is 2.75. The number of benzene rings is 10. The van der Waals surface area contributed by atoms with Crippen molar-refractivity contribution >= 4 is 79.7 Å². The minimum Gasteiger partial charge on any atom is -0.497 e. The molecule has 0 bridgehead atoms. The molecule has 0 spiro atoms. The quantitative estimate of drug-likeness (QED) is 0.0192. The molecule has 18 nitrogen and oxygen atoms in total. The topological polar surface area (TPSA) is 237 Å². The predicted molar refractivity (Wildman–Crippen MR) is 454 cm³/mol. The van der Waals surface area contributed by atoms with Crippen LogP contribution in [0.5, 0.6) is 51.7 Å². The Morgan fingerprint density at radius 1 is 0.339 bits per heavy atom. The van der Waals surface area contributed by atoms with Crippen LogP contribution >= 0.6 is 0 Å². The Bertz CT molecular complexity index is 4840. The van der Waals surface area contributed by atoms with Crippen LogP contribution < -0.4 is 42.6 Å². The monoisotopic (exact) mass is 1680 g/mol. The molecule has 121 heavy (non-hydrogen) atoms. The number of halogens is 8. The molecule has 0 radical (unpaired) electrons. The largest absolute Gasteiger partial charge is 0.497 e. The zero-order chi connectivity index (χ0) is 91.2. The fourth-order valence-corrected chi connectivity index (χ4v) is 10.0. The van der Waals surface area contributed by atoms with Gasteiger partial charge in [-0.15, -0.1) is 0 Å². The first-order chi connectivity index (χ1) is 57.1. The Labute approximate surface area is 701 Å². The molecule has 0 aromatic heterocycles. The minimum atomic E-state index is -6.31. The van der Waals surface area contributed by atoms with E-state index >= 15 is 0 Å². The summed E-state index contributed by atoms with van der Waals surface area (Å²) in [4.78, 5) is 97.8. The summed E-state index contributed by atoms with van der Waals surface area (Å²) in [5.74, 6) is -11.6. The van der Waals surface area contributed by atoms with E-state index in [4.69, 9.17) is 37.9 Å². The van der Waals surface area contributed by atoms with Crippen molar-refractivity contribution in [2.75, 3.05) is 63.5 Å². The number of hydrogen-bond acceptors (Lipinski definition) is 18. The van der Waals surface area contributed by atoms with Gasteiger partial charge in [-0.05, 0) is 230 Å². The third-order valence-electron chi connectivity index (χ3n) is 17.0. The highest BCUT2D eigenvalue weighted by atomic mass is 19.4. The lowest BCUT2D eigenvalue weighted by Crippen LogP contribution is -2.59. The van der Waals surface area contributed by atoms with Gasteiger partial charge in [0.15, 0.2) is 70.1 Å². The third kappa shape index (κ3) is 36.9. The second-order valence-corrected chi connectivity index (χ2v) is 26.4. The van der Waals surface area contributed by atoms with Gasteiger partial charge in [-0.2, -0.15) is 26.3 Å². The van der Waals surface area contributed by atoms with E-state index in [9.17, 15) is 78.3 Å². The lowest BCUT2D eigenvalue weighted by Gasteiger charge is -2.31. The van der Waals surface area contributed by atoms with Gasteiger partial charge in [0.1, 0.15) is 40.3 Å². The van der Waals surface area contributed by atoms with Crippen molar-refractivity contribution in [2.45, 2.75) is 126 Å². The van der Waals surface area contributed by atoms with Crippen LogP contribution in [-0.4, -0.2) is 140 Å². The first-order valence-corrected chi connectivity index (χ1v) is 37.4. The zero-order valence-corrected chi connectivity index (χ0v) is 71.1. The molecule has 0 fully saturated rings. The van der Waals surface area contributed by atoms with E-state index in [1.54, 1.807) is 140 Å². The number of rotatable bonds is 28. The molecule has 0 aliphatic carbocycles. The molecule has 10 rings (SSSR count). The van der Waals surface area contributed by atoms with Gasteiger partial charge in [-0.25, -0.2) is 8.78 Å². The maximum atomic E-state index is 13.2. The number of carbonyl (C=O) groups excluding carboxylic acids is 9. The molecular formula is C95H104F8O18. The lowest BCUT2D eigenvalue weighted by atomic mass is 10.0. The van der Waals surface area contributed by atoms with E-state index in [-0.39, 0.29) is 57.6 Å². The number of unbranched alkanes of at least 4 members (excludes halogenated alkanes) is 2. The fraction of sp³-hybridized carbons (Fsp3) is 0.295. The molecule has 0 saturated heterocycles. The van der Waals surface area contributed by atoms with Gasteiger partial charge in [0.2, 0.25) is 0 Å². The number of hydrogen-bond donors (Lipinski definition) is 0. The Kier molecular flexibility index (Phi) is 46.1. The van der Waals surface area contributed by atoms with Crippen molar-refractivity contribution in [1.29, 1.82) is 0 Å². The number of fused-ring (bicyclic) bond motifs is 2. The molecule has 10 aromatic rings. The van der Waals surface area contributed by atoms with Gasteiger partial charge in [0.25, 0.3) is 0 Å². The van der Waals surface area contributed by atoms with Gasteiger partial charge in [-0.3, -0.25) is 33.6 Å². The van der Waals surface area contributed by atoms with E-state index in [0.717, 1.165) is 128 Å². The maximum absolute atomic E-state index is 13.2. The van der Waals surface area contributed by atoms with Crippen LogP contribution in [0.1, 0.15) is 168 Å². The average molecular weight is 1690 g/mol. The SMILES string of the molecule is CC(=O)CCCCCC(C)=O.CC(=O)c1ccc(C(C)=O)cc1.CC(=O)c1ccc(OCC(F)(F)C(F)(F)C(F)(F)C(F)F)cc1.CC(=O)c1ccc2cc(C(C)=O)ccc2c1.COc1ccc(/C=C/C(C)=O)cc1.COc1ccc(OC)cc1.COc1ccc2cc(C(C)=O)ccc2c1.COc1cccc(C)c1OC.COc1ccccc1OC.